The zero-order valence-electron chi connectivity index (χ0n) is 11.6. The highest BCUT2D eigenvalue weighted by Gasteiger charge is 2.25. The quantitative estimate of drug-likeness (QED) is 0.608. The second-order valence-electron chi connectivity index (χ2n) is 5.56. The molecule has 0 aromatic rings. The van der Waals surface area contributed by atoms with E-state index in [0.29, 0.717) is 18.5 Å². The molecule has 1 fully saturated rings. The molecular weight excluding hydrogens is 212 g/mol. The van der Waals surface area contributed by atoms with Crippen LogP contribution in [-0.4, -0.2) is 24.5 Å². The highest BCUT2D eigenvalue weighted by Crippen LogP contribution is 2.33. The molecule has 1 saturated carbocycles. The van der Waals surface area contributed by atoms with Crippen molar-refractivity contribution >= 4 is 5.91 Å². The average molecular weight is 240 g/mol. The molecule has 1 aliphatic rings. The number of carbonyl (C=O) groups excluding carboxylic acids is 1. The van der Waals surface area contributed by atoms with Crippen molar-refractivity contribution in [3.63, 3.8) is 0 Å². The highest BCUT2D eigenvalue weighted by molar-refractivity contribution is 5.76. The molecule has 1 rings (SSSR count). The van der Waals surface area contributed by atoms with Gasteiger partial charge in [-0.25, -0.2) is 0 Å². The molecule has 0 spiro atoms. The van der Waals surface area contributed by atoms with E-state index in [2.05, 4.69) is 31.4 Å². The molecule has 1 amide bonds. The van der Waals surface area contributed by atoms with Crippen LogP contribution in [0.4, 0.5) is 0 Å². The maximum atomic E-state index is 11.7. The summed E-state index contributed by atoms with van der Waals surface area (Å²) in [6.45, 7) is 7.35. The van der Waals surface area contributed by atoms with Crippen LogP contribution in [0.5, 0.6) is 0 Å². The first-order chi connectivity index (χ1) is 8.11. The van der Waals surface area contributed by atoms with Crippen LogP contribution in [0.1, 0.15) is 59.3 Å². The van der Waals surface area contributed by atoms with Crippen LogP contribution in [0.15, 0.2) is 0 Å². The first kappa shape index (κ1) is 14.5. The number of nitrogens with one attached hydrogen (secondary N) is 2. The molecule has 100 valence electrons. The van der Waals surface area contributed by atoms with E-state index in [9.17, 15) is 4.79 Å². The van der Waals surface area contributed by atoms with Crippen molar-refractivity contribution in [2.75, 3.05) is 6.54 Å². The fourth-order valence-corrected chi connectivity index (χ4v) is 2.02. The lowest BCUT2D eigenvalue weighted by Gasteiger charge is -2.16. The largest absolute Gasteiger partial charge is 0.353 e. The van der Waals surface area contributed by atoms with E-state index >= 15 is 0 Å². The lowest BCUT2D eigenvalue weighted by molar-refractivity contribution is -0.122. The van der Waals surface area contributed by atoms with E-state index in [1.807, 2.05) is 0 Å². The van der Waals surface area contributed by atoms with Gasteiger partial charge in [-0.05, 0) is 31.7 Å². The standard InChI is InChI=1S/C14H28N2O/c1-4-13(10-12-7-8-12)16-14(17)6-5-9-15-11(2)3/h11-13,15H,4-10H2,1-3H3,(H,16,17). The summed E-state index contributed by atoms with van der Waals surface area (Å²) >= 11 is 0. The van der Waals surface area contributed by atoms with Crippen molar-refractivity contribution in [2.24, 2.45) is 5.92 Å². The Morgan fingerprint density at radius 3 is 2.59 bits per heavy atom. The van der Waals surface area contributed by atoms with Gasteiger partial charge in [0.25, 0.3) is 0 Å². The Labute approximate surface area is 106 Å². The summed E-state index contributed by atoms with van der Waals surface area (Å²) < 4.78 is 0. The minimum absolute atomic E-state index is 0.225. The minimum atomic E-state index is 0.225. The summed E-state index contributed by atoms with van der Waals surface area (Å²) in [5.41, 5.74) is 0. The Morgan fingerprint density at radius 1 is 1.35 bits per heavy atom. The van der Waals surface area contributed by atoms with Crippen molar-refractivity contribution in [3.8, 4) is 0 Å². The van der Waals surface area contributed by atoms with Gasteiger partial charge in [0.2, 0.25) is 5.91 Å². The fraction of sp³-hybridized carbons (Fsp3) is 0.929. The molecule has 0 radical (unpaired) electrons. The third kappa shape index (κ3) is 7.37. The Balaban J connectivity index is 2.05. The normalized spacial score (nSPS) is 17.2. The average Bonchev–Trinajstić information content (AvgIpc) is 3.07. The molecule has 3 heteroatoms. The van der Waals surface area contributed by atoms with Crippen molar-refractivity contribution in [1.29, 1.82) is 0 Å². The van der Waals surface area contributed by atoms with Gasteiger partial charge in [0.15, 0.2) is 0 Å². The third-order valence-corrected chi connectivity index (χ3v) is 3.31. The van der Waals surface area contributed by atoms with Crippen molar-refractivity contribution in [3.05, 3.63) is 0 Å². The lowest BCUT2D eigenvalue weighted by Crippen LogP contribution is -2.35. The van der Waals surface area contributed by atoms with Crippen LogP contribution in [-0.2, 0) is 4.79 Å². The molecule has 3 nitrogen and oxygen atoms in total. The summed E-state index contributed by atoms with van der Waals surface area (Å²) in [5.74, 6) is 1.12. The molecule has 1 atom stereocenters. The van der Waals surface area contributed by atoms with E-state index in [1.54, 1.807) is 0 Å². The van der Waals surface area contributed by atoms with E-state index in [4.69, 9.17) is 0 Å². The van der Waals surface area contributed by atoms with Gasteiger partial charge < -0.3 is 10.6 Å². The van der Waals surface area contributed by atoms with Gasteiger partial charge in [-0.15, -0.1) is 0 Å². The molecule has 0 aromatic heterocycles. The predicted molar refractivity (Wildman–Crippen MR) is 71.9 cm³/mol. The Kier molecular flexibility index (Phi) is 6.56. The maximum absolute atomic E-state index is 11.7. The number of hydrogen-bond donors (Lipinski definition) is 2. The Bertz CT molecular complexity index is 224. The van der Waals surface area contributed by atoms with Gasteiger partial charge in [-0.1, -0.05) is 33.6 Å². The van der Waals surface area contributed by atoms with Crippen LogP contribution in [0.3, 0.4) is 0 Å². The van der Waals surface area contributed by atoms with Gasteiger partial charge in [0, 0.05) is 18.5 Å². The first-order valence-corrected chi connectivity index (χ1v) is 7.14. The van der Waals surface area contributed by atoms with Gasteiger partial charge in [-0.2, -0.15) is 0 Å². The fourth-order valence-electron chi connectivity index (χ4n) is 2.02. The SMILES string of the molecule is CCC(CC1CC1)NC(=O)CCCNC(C)C. The molecule has 1 aliphatic carbocycles. The summed E-state index contributed by atoms with van der Waals surface area (Å²) in [6, 6.07) is 0.921. The highest BCUT2D eigenvalue weighted by atomic mass is 16.1. The number of hydrogen-bond acceptors (Lipinski definition) is 2. The second-order valence-corrected chi connectivity index (χ2v) is 5.56. The number of rotatable bonds is 9. The summed E-state index contributed by atoms with van der Waals surface area (Å²) in [4.78, 5) is 11.7. The van der Waals surface area contributed by atoms with Crippen LogP contribution in [0.25, 0.3) is 0 Å². The maximum Gasteiger partial charge on any atom is 0.220 e. The van der Waals surface area contributed by atoms with Crippen LogP contribution < -0.4 is 10.6 Å². The number of carbonyl (C=O) groups is 1. The summed E-state index contributed by atoms with van der Waals surface area (Å²) in [6.07, 6.45) is 6.57. The monoisotopic (exact) mass is 240 g/mol. The molecule has 0 aromatic carbocycles. The zero-order valence-corrected chi connectivity index (χ0v) is 11.6. The Hall–Kier alpha value is -0.570. The Morgan fingerprint density at radius 2 is 2.06 bits per heavy atom. The van der Waals surface area contributed by atoms with Gasteiger partial charge in [0.1, 0.15) is 0 Å². The van der Waals surface area contributed by atoms with E-state index < -0.39 is 0 Å². The molecular formula is C14H28N2O. The third-order valence-electron chi connectivity index (χ3n) is 3.31. The molecule has 2 N–H and O–H groups in total. The van der Waals surface area contributed by atoms with Crippen molar-refractivity contribution in [2.45, 2.75) is 71.4 Å². The zero-order chi connectivity index (χ0) is 12.7. The van der Waals surface area contributed by atoms with E-state index in [0.717, 1.165) is 25.3 Å². The minimum Gasteiger partial charge on any atom is -0.353 e. The second kappa shape index (κ2) is 7.70. The first-order valence-electron chi connectivity index (χ1n) is 7.14. The topological polar surface area (TPSA) is 41.1 Å². The molecule has 0 aliphatic heterocycles. The number of amides is 1. The summed E-state index contributed by atoms with van der Waals surface area (Å²) in [5, 5.41) is 6.49. The molecule has 1 unspecified atom stereocenters. The van der Waals surface area contributed by atoms with Crippen molar-refractivity contribution < 1.29 is 4.79 Å². The van der Waals surface area contributed by atoms with Gasteiger partial charge >= 0.3 is 0 Å². The van der Waals surface area contributed by atoms with Crippen LogP contribution >= 0.6 is 0 Å². The van der Waals surface area contributed by atoms with Crippen LogP contribution in [0, 0.1) is 5.92 Å². The molecule has 0 bridgehead atoms. The van der Waals surface area contributed by atoms with E-state index in [1.165, 1.54) is 19.3 Å². The van der Waals surface area contributed by atoms with E-state index in [-0.39, 0.29) is 5.91 Å². The van der Waals surface area contributed by atoms with Gasteiger partial charge in [-0.3, -0.25) is 4.79 Å². The molecule has 0 heterocycles. The van der Waals surface area contributed by atoms with Crippen LogP contribution in [0.2, 0.25) is 0 Å². The summed E-state index contributed by atoms with van der Waals surface area (Å²) in [7, 11) is 0. The molecule has 0 saturated heterocycles. The van der Waals surface area contributed by atoms with Crippen molar-refractivity contribution in [1.82, 2.24) is 10.6 Å². The smallest absolute Gasteiger partial charge is 0.220 e. The molecule has 17 heavy (non-hydrogen) atoms. The predicted octanol–water partition coefficient (Wildman–Crippen LogP) is 2.46. The lowest BCUT2D eigenvalue weighted by atomic mass is 10.1. The van der Waals surface area contributed by atoms with Gasteiger partial charge in [0.05, 0.1) is 0 Å².